The van der Waals surface area contributed by atoms with Gasteiger partial charge in [0.1, 0.15) is 24.7 Å². The third-order valence-corrected chi connectivity index (χ3v) is 3.51. The summed E-state index contributed by atoms with van der Waals surface area (Å²) in [5, 5.41) is 9.58. The lowest BCUT2D eigenvalue weighted by atomic mass is 10.2. The normalized spacial score (nSPS) is 10.2. The summed E-state index contributed by atoms with van der Waals surface area (Å²) >= 11 is 9.09. The van der Waals surface area contributed by atoms with Crippen molar-refractivity contribution in [3.05, 3.63) is 57.5 Å². The van der Waals surface area contributed by atoms with E-state index in [0.717, 1.165) is 0 Å². The minimum atomic E-state index is -0.996. The molecule has 4 nitrogen and oxygen atoms in total. The number of carbonyl (C=O) groups is 1. The molecule has 1 N–H and O–H groups in total. The smallest absolute Gasteiger partial charge is 0.335 e. The zero-order chi connectivity index (χ0) is 15.2. The summed E-state index contributed by atoms with van der Waals surface area (Å²) in [7, 11) is 0. The quantitative estimate of drug-likeness (QED) is 0.771. The number of ether oxygens (including phenoxy) is 2. The SMILES string of the molecule is O=C(O)c1ccc(Br)c(OCCOc2ccc(Cl)cc2)c1. The highest BCUT2D eigenvalue weighted by Gasteiger charge is 2.08. The second kappa shape index (κ2) is 7.33. The number of halogens is 2. The Kier molecular flexibility index (Phi) is 5.47. The Morgan fingerprint density at radius 1 is 1.10 bits per heavy atom. The van der Waals surface area contributed by atoms with Crippen LogP contribution in [-0.2, 0) is 0 Å². The van der Waals surface area contributed by atoms with Crippen LogP contribution in [0.5, 0.6) is 11.5 Å². The lowest BCUT2D eigenvalue weighted by Gasteiger charge is -2.10. The Morgan fingerprint density at radius 3 is 2.43 bits per heavy atom. The van der Waals surface area contributed by atoms with Crippen LogP contribution in [0, 0.1) is 0 Å². The van der Waals surface area contributed by atoms with Gasteiger partial charge in [-0.3, -0.25) is 0 Å². The first-order valence-electron chi connectivity index (χ1n) is 6.10. The van der Waals surface area contributed by atoms with Gasteiger partial charge in [-0.1, -0.05) is 11.6 Å². The molecule has 0 saturated heterocycles. The molecule has 0 aliphatic rings. The molecule has 0 aromatic heterocycles. The molecule has 0 unspecified atom stereocenters. The molecular formula is C15H12BrClO4. The zero-order valence-corrected chi connectivity index (χ0v) is 13.2. The largest absolute Gasteiger partial charge is 0.490 e. The van der Waals surface area contributed by atoms with Gasteiger partial charge in [0.05, 0.1) is 10.0 Å². The molecule has 0 amide bonds. The van der Waals surface area contributed by atoms with Gasteiger partial charge < -0.3 is 14.6 Å². The van der Waals surface area contributed by atoms with Crippen molar-refractivity contribution in [1.82, 2.24) is 0 Å². The lowest BCUT2D eigenvalue weighted by Crippen LogP contribution is -2.09. The molecule has 0 radical (unpaired) electrons. The van der Waals surface area contributed by atoms with Crippen LogP contribution in [0.1, 0.15) is 10.4 Å². The maximum atomic E-state index is 10.9. The zero-order valence-electron chi connectivity index (χ0n) is 10.9. The number of rotatable bonds is 6. The minimum absolute atomic E-state index is 0.173. The fourth-order valence-corrected chi connectivity index (χ4v) is 2.08. The van der Waals surface area contributed by atoms with Gasteiger partial charge in [-0.25, -0.2) is 4.79 Å². The maximum Gasteiger partial charge on any atom is 0.335 e. The molecule has 6 heteroatoms. The van der Waals surface area contributed by atoms with Gasteiger partial charge in [0, 0.05) is 5.02 Å². The standard InChI is InChI=1S/C15H12BrClO4/c16-13-6-1-10(15(18)19)9-14(13)21-8-7-20-12-4-2-11(17)3-5-12/h1-6,9H,7-8H2,(H,18,19). The van der Waals surface area contributed by atoms with Gasteiger partial charge in [-0.15, -0.1) is 0 Å². The van der Waals surface area contributed by atoms with Crippen LogP contribution in [0.15, 0.2) is 46.9 Å². The van der Waals surface area contributed by atoms with E-state index in [-0.39, 0.29) is 5.56 Å². The van der Waals surface area contributed by atoms with Crippen molar-refractivity contribution < 1.29 is 19.4 Å². The average molecular weight is 372 g/mol. The van der Waals surface area contributed by atoms with Crippen LogP contribution in [0.2, 0.25) is 5.02 Å². The van der Waals surface area contributed by atoms with E-state index in [2.05, 4.69) is 15.9 Å². The predicted octanol–water partition coefficient (Wildman–Crippen LogP) is 4.26. The molecule has 0 aliphatic heterocycles. The van der Waals surface area contributed by atoms with E-state index in [1.165, 1.54) is 12.1 Å². The highest BCUT2D eigenvalue weighted by atomic mass is 79.9. The Bertz CT molecular complexity index is 628. The summed E-state index contributed by atoms with van der Waals surface area (Å²) in [5.74, 6) is 0.167. The maximum absolute atomic E-state index is 10.9. The van der Waals surface area contributed by atoms with E-state index in [1.807, 2.05) is 0 Å². The molecule has 2 aromatic rings. The van der Waals surface area contributed by atoms with Crippen LogP contribution in [0.4, 0.5) is 0 Å². The Labute approximate surface area is 135 Å². The van der Waals surface area contributed by atoms with E-state index in [4.69, 9.17) is 26.2 Å². The minimum Gasteiger partial charge on any atom is -0.490 e. The van der Waals surface area contributed by atoms with Gasteiger partial charge in [0.15, 0.2) is 0 Å². The lowest BCUT2D eigenvalue weighted by molar-refractivity contribution is 0.0696. The molecule has 0 spiro atoms. The number of hydrogen-bond donors (Lipinski definition) is 1. The van der Waals surface area contributed by atoms with Crippen molar-refractivity contribution >= 4 is 33.5 Å². The monoisotopic (exact) mass is 370 g/mol. The first kappa shape index (κ1) is 15.7. The van der Waals surface area contributed by atoms with Crippen molar-refractivity contribution in [2.75, 3.05) is 13.2 Å². The number of carboxylic acid groups (broad SMARTS) is 1. The summed E-state index contributed by atoms with van der Waals surface area (Å²) < 4.78 is 11.7. The van der Waals surface area contributed by atoms with Crippen molar-refractivity contribution in [1.29, 1.82) is 0 Å². The van der Waals surface area contributed by atoms with Gasteiger partial charge in [-0.05, 0) is 58.4 Å². The molecule has 0 heterocycles. The third-order valence-electron chi connectivity index (χ3n) is 2.60. The van der Waals surface area contributed by atoms with Crippen molar-refractivity contribution in [2.24, 2.45) is 0 Å². The first-order chi connectivity index (χ1) is 10.1. The molecule has 110 valence electrons. The number of benzene rings is 2. The van der Waals surface area contributed by atoms with Crippen LogP contribution in [0.3, 0.4) is 0 Å². The predicted molar refractivity (Wildman–Crippen MR) is 83.5 cm³/mol. The Hall–Kier alpha value is -1.72. The number of aromatic carboxylic acids is 1. The first-order valence-corrected chi connectivity index (χ1v) is 7.27. The fraction of sp³-hybridized carbons (Fsp3) is 0.133. The number of hydrogen-bond acceptors (Lipinski definition) is 3. The van der Waals surface area contributed by atoms with Crippen molar-refractivity contribution in [3.8, 4) is 11.5 Å². The second-order valence-corrected chi connectivity index (χ2v) is 5.39. The molecule has 0 atom stereocenters. The summed E-state index contributed by atoms with van der Waals surface area (Å²) in [6, 6.07) is 11.6. The fourth-order valence-electron chi connectivity index (χ4n) is 1.59. The molecule has 2 aromatic carbocycles. The van der Waals surface area contributed by atoms with Gasteiger partial charge in [0.25, 0.3) is 0 Å². The molecule has 0 saturated carbocycles. The van der Waals surface area contributed by atoms with E-state index in [9.17, 15) is 4.79 Å². The van der Waals surface area contributed by atoms with Gasteiger partial charge in [0.2, 0.25) is 0 Å². The van der Waals surface area contributed by atoms with Crippen molar-refractivity contribution in [2.45, 2.75) is 0 Å². The van der Waals surface area contributed by atoms with E-state index < -0.39 is 5.97 Å². The molecule has 0 aliphatic carbocycles. The second-order valence-electron chi connectivity index (χ2n) is 4.10. The highest BCUT2D eigenvalue weighted by molar-refractivity contribution is 9.10. The average Bonchev–Trinajstić information content (AvgIpc) is 2.47. The Balaban J connectivity index is 1.87. The molecule has 2 rings (SSSR count). The summed E-state index contributed by atoms with van der Waals surface area (Å²) in [6.45, 7) is 0.635. The van der Waals surface area contributed by atoms with E-state index >= 15 is 0 Å². The van der Waals surface area contributed by atoms with Crippen molar-refractivity contribution in [3.63, 3.8) is 0 Å². The number of carboxylic acids is 1. The van der Waals surface area contributed by atoms with Crippen LogP contribution in [-0.4, -0.2) is 24.3 Å². The van der Waals surface area contributed by atoms with Gasteiger partial charge >= 0.3 is 5.97 Å². The third kappa shape index (κ3) is 4.65. The van der Waals surface area contributed by atoms with E-state index in [0.29, 0.717) is 34.2 Å². The molecule has 21 heavy (non-hydrogen) atoms. The van der Waals surface area contributed by atoms with Gasteiger partial charge in [-0.2, -0.15) is 0 Å². The molecule has 0 fully saturated rings. The van der Waals surface area contributed by atoms with Crippen LogP contribution in [0.25, 0.3) is 0 Å². The summed E-state index contributed by atoms with van der Waals surface area (Å²) in [4.78, 5) is 10.9. The molecule has 0 bridgehead atoms. The van der Waals surface area contributed by atoms with Crippen LogP contribution >= 0.6 is 27.5 Å². The summed E-state index contributed by atoms with van der Waals surface area (Å²) in [5.41, 5.74) is 0.173. The van der Waals surface area contributed by atoms with Crippen LogP contribution < -0.4 is 9.47 Å². The topological polar surface area (TPSA) is 55.8 Å². The Morgan fingerprint density at radius 2 is 1.76 bits per heavy atom. The summed E-state index contributed by atoms with van der Waals surface area (Å²) in [6.07, 6.45) is 0. The van der Waals surface area contributed by atoms with E-state index in [1.54, 1.807) is 30.3 Å². The highest BCUT2D eigenvalue weighted by Crippen LogP contribution is 2.26. The molecular weight excluding hydrogens is 360 g/mol.